The van der Waals surface area contributed by atoms with Crippen LogP contribution in [0.1, 0.15) is 19.3 Å². The second kappa shape index (κ2) is 9.03. The van der Waals surface area contributed by atoms with Gasteiger partial charge in [-0.2, -0.15) is 0 Å². The highest BCUT2D eigenvalue weighted by atomic mass is 32.2. The molecule has 4 rings (SSSR count). The predicted octanol–water partition coefficient (Wildman–Crippen LogP) is 2.29. The Labute approximate surface area is 194 Å². The van der Waals surface area contributed by atoms with Crippen LogP contribution in [-0.2, 0) is 19.6 Å². The number of ether oxygens (including phenoxy) is 1. The number of nitrogens with one attached hydrogen (secondary N) is 1. The van der Waals surface area contributed by atoms with Crippen LogP contribution in [0.3, 0.4) is 0 Å². The van der Waals surface area contributed by atoms with Gasteiger partial charge in [0.2, 0.25) is 21.8 Å². The summed E-state index contributed by atoms with van der Waals surface area (Å²) in [6, 6.07) is 11.3. The highest BCUT2D eigenvalue weighted by Crippen LogP contribution is 2.40. The Hall–Kier alpha value is -3.11. The topological polar surface area (TPSA) is 99.3 Å². The number of nitrogens with zero attached hydrogens (tertiary/aromatic N) is 3. The molecule has 0 saturated carbocycles. The normalized spacial score (nSPS) is 18.1. The molecule has 2 aromatic rings. The van der Waals surface area contributed by atoms with E-state index in [0.29, 0.717) is 23.5 Å². The van der Waals surface area contributed by atoms with E-state index in [9.17, 15) is 18.0 Å². The Morgan fingerprint density at radius 1 is 1.12 bits per heavy atom. The molecule has 0 unspecified atom stereocenters. The number of piperidine rings is 1. The lowest BCUT2D eigenvalue weighted by Crippen LogP contribution is -2.56. The maximum Gasteiger partial charge on any atom is 0.250 e. The third-order valence-electron chi connectivity index (χ3n) is 6.06. The summed E-state index contributed by atoms with van der Waals surface area (Å²) in [6.45, 7) is 0.503. The minimum atomic E-state index is -3.70. The summed E-state index contributed by atoms with van der Waals surface area (Å²) in [5.41, 5.74) is 1.79. The monoisotopic (exact) mass is 472 g/mol. The third kappa shape index (κ3) is 4.40. The molecule has 0 bridgehead atoms. The van der Waals surface area contributed by atoms with Crippen molar-refractivity contribution in [1.29, 1.82) is 0 Å². The van der Waals surface area contributed by atoms with E-state index >= 15 is 0 Å². The average molecular weight is 473 g/mol. The van der Waals surface area contributed by atoms with E-state index in [1.807, 2.05) is 4.90 Å². The minimum Gasteiger partial charge on any atom is -0.497 e. The van der Waals surface area contributed by atoms with Crippen molar-refractivity contribution in [2.75, 3.05) is 49.4 Å². The summed E-state index contributed by atoms with van der Waals surface area (Å²) in [5.74, 6) is 0.108. The molecule has 2 aromatic carbocycles. The quantitative estimate of drug-likeness (QED) is 0.693. The molecule has 0 aliphatic carbocycles. The van der Waals surface area contributed by atoms with Gasteiger partial charge in [-0.15, -0.1) is 0 Å². The van der Waals surface area contributed by atoms with Gasteiger partial charge in [-0.1, -0.05) is 0 Å². The number of carbonyl (C=O) groups excluding carboxylic acids is 2. The number of carbonyl (C=O) groups is 2. The Morgan fingerprint density at radius 3 is 2.52 bits per heavy atom. The van der Waals surface area contributed by atoms with Gasteiger partial charge in [0.1, 0.15) is 18.3 Å². The first-order valence-corrected chi connectivity index (χ1v) is 12.2. The van der Waals surface area contributed by atoms with E-state index < -0.39 is 10.0 Å². The molecule has 2 heterocycles. The molecule has 10 heteroatoms. The van der Waals surface area contributed by atoms with Crippen molar-refractivity contribution in [2.24, 2.45) is 0 Å². The smallest absolute Gasteiger partial charge is 0.250 e. The molecule has 0 spiro atoms. The molecule has 1 saturated heterocycles. The summed E-state index contributed by atoms with van der Waals surface area (Å²) in [4.78, 5) is 29.8. The average Bonchev–Trinajstić information content (AvgIpc) is 2.81. The molecule has 176 valence electrons. The maximum absolute atomic E-state index is 13.4. The van der Waals surface area contributed by atoms with Gasteiger partial charge in [-0.05, 0) is 61.7 Å². The summed E-state index contributed by atoms with van der Waals surface area (Å²) in [6.07, 6.45) is 2.59. The van der Waals surface area contributed by atoms with Crippen LogP contribution in [0.25, 0.3) is 0 Å². The van der Waals surface area contributed by atoms with E-state index in [2.05, 4.69) is 5.32 Å². The number of benzene rings is 2. The second-order valence-corrected chi connectivity index (χ2v) is 10.5. The van der Waals surface area contributed by atoms with Gasteiger partial charge in [0.15, 0.2) is 0 Å². The molecule has 2 amide bonds. The summed E-state index contributed by atoms with van der Waals surface area (Å²) < 4.78 is 31.7. The SMILES string of the molecule is COc1ccc(NC(=O)CN2C(=O)[C@@H]3CCCCN3c3ccc(S(=O)(=O)N(C)C)cc32)cc1. The van der Waals surface area contributed by atoms with Crippen molar-refractivity contribution in [3.05, 3.63) is 42.5 Å². The molecule has 0 aromatic heterocycles. The zero-order valence-electron chi connectivity index (χ0n) is 18.9. The first-order valence-electron chi connectivity index (χ1n) is 10.8. The number of rotatable bonds is 6. The van der Waals surface area contributed by atoms with Gasteiger partial charge in [0.05, 0.1) is 23.4 Å². The lowest BCUT2D eigenvalue weighted by molar-refractivity contribution is -0.123. The van der Waals surface area contributed by atoms with Crippen LogP contribution in [0.5, 0.6) is 5.75 Å². The van der Waals surface area contributed by atoms with Gasteiger partial charge in [0.25, 0.3) is 0 Å². The zero-order chi connectivity index (χ0) is 23.8. The predicted molar refractivity (Wildman–Crippen MR) is 126 cm³/mol. The molecular weight excluding hydrogens is 444 g/mol. The van der Waals surface area contributed by atoms with Crippen molar-refractivity contribution in [3.8, 4) is 5.75 Å². The highest BCUT2D eigenvalue weighted by Gasteiger charge is 2.40. The number of amides is 2. The van der Waals surface area contributed by atoms with Crippen molar-refractivity contribution >= 4 is 38.9 Å². The molecule has 0 radical (unpaired) electrons. The summed E-state index contributed by atoms with van der Waals surface area (Å²) in [7, 11) is 0.780. The lowest BCUT2D eigenvalue weighted by atomic mass is 9.96. The van der Waals surface area contributed by atoms with Gasteiger partial charge in [-0.25, -0.2) is 12.7 Å². The van der Waals surface area contributed by atoms with E-state index in [-0.39, 0.29) is 29.3 Å². The lowest BCUT2D eigenvalue weighted by Gasteiger charge is -2.45. The van der Waals surface area contributed by atoms with Crippen molar-refractivity contribution < 1.29 is 22.7 Å². The number of methoxy groups -OCH3 is 1. The number of sulfonamides is 1. The molecule has 1 fully saturated rings. The number of fused-ring (bicyclic) bond motifs is 3. The molecule has 9 nitrogen and oxygen atoms in total. The summed E-state index contributed by atoms with van der Waals surface area (Å²) in [5, 5.41) is 2.80. The maximum atomic E-state index is 13.4. The second-order valence-electron chi connectivity index (χ2n) is 8.34. The Balaban J connectivity index is 1.67. The largest absolute Gasteiger partial charge is 0.497 e. The van der Waals surface area contributed by atoms with Crippen LogP contribution in [0.2, 0.25) is 0 Å². The van der Waals surface area contributed by atoms with Crippen molar-refractivity contribution in [2.45, 2.75) is 30.2 Å². The standard InChI is InChI=1S/C23H28N4O5S/c1-25(2)33(30,31)18-11-12-19-21(14-18)27(23(29)20-6-4-5-13-26(19)20)15-22(28)24-16-7-9-17(32-3)10-8-16/h7-12,14,20H,4-6,13,15H2,1-3H3,(H,24,28)/t20-/m0/s1. The Morgan fingerprint density at radius 2 is 1.85 bits per heavy atom. The first kappa shape index (κ1) is 23.1. The van der Waals surface area contributed by atoms with Crippen LogP contribution in [0.15, 0.2) is 47.4 Å². The zero-order valence-corrected chi connectivity index (χ0v) is 19.8. The van der Waals surface area contributed by atoms with Gasteiger partial charge >= 0.3 is 0 Å². The van der Waals surface area contributed by atoms with Gasteiger partial charge in [-0.3, -0.25) is 14.5 Å². The number of hydrogen-bond acceptors (Lipinski definition) is 6. The van der Waals surface area contributed by atoms with E-state index in [1.165, 1.54) is 25.1 Å². The van der Waals surface area contributed by atoms with E-state index in [1.54, 1.807) is 43.5 Å². The third-order valence-corrected chi connectivity index (χ3v) is 7.87. The van der Waals surface area contributed by atoms with E-state index in [0.717, 1.165) is 29.4 Å². The molecule has 1 N–H and O–H groups in total. The highest BCUT2D eigenvalue weighted by molar-refractivity contribution is 7.89. The first-order chi connectivity index (χ1) is 15.7. The van der Waals surface area contributed by atoms with Crippen molar-refractivity contribution in [3.63, 3.8) is 0 Å². The van der Waals surface area contributed by atoms with Crippen LogP contribution >= 0.6 is 0 Å². The van der Waals surface area contributed by atoms with Gasteiger partial charge < -0.3 is 15.0 Å². The van der Waals surface area contributed by atoms with Crippen LogP contribution in [0, 0.1) is 0 Å². The fourth-order valence-corrected chi connectivity index (χ4v) is 5.21. The molecule has 1 atom stereocenters. The molecule has 33 heavy (non-hydrogen) atoms. The molecule has 2 aliphatic rings. The fourth-order valence-electron chi connectivity index (χ4n) is 4.29. The fraction of sp³-hybridized carbons (Fsp3) is 0.391. The Kier molecular flexibility index (Phi) is 6.31. The number of hydrogen-bond donors (Lipinski definition) is 1. The van der Waals surface area contributed by atoms with E-state index in [4.69, 9.17) is 4.74 Å². The number of anilines is 3. The minimum absolute atomic E-state index is 0.0788. The Bertz CT molecular complexity index is 1160. The molecular formula is C23H28N4O5S. The molecule has 2 aliphatic heterocycles. The van der Waals surface area contributed by atoms with Crippen LogP contribution in [-0.4, -0.2) is 64.9 Å². The summed E-state index contributed by atoms with van der Waals surface area (Å²) >= 11 is 0. The van der Waals surface area contributed by atoms with Crippen LogP contribution < -0.4 is 19.9 Å². The van der Waals surface area contributed by atoms with Crippen LogP contribution in [0.4, 0.5) is 17.1 Å². The van der Waals surface area contributed by atoms with Gasteiger partial charge in [0, 0.05) is 26.3 Å². The van der Waals surface area contributed by atoms with Crippen molar-refractivity contribution in [1.82, 2.24) is 4.31 Å².